The van der Waals surface area contributed by atoms with Crippen molar-refractivity contribution in [3.63, 3.8) is 0 Å². The number of cyclic esters (lactones) is 1. The molecule has 12 nitrogen and oxygen atoms in total. The maximum Gasteiger partial charge on any atom is 0.342 e. The highest BCUT2D eigenvalue weighted by atomic mass is 32.2. The molecule has 0 saturated heterocycles. The normalized spacial score (nSPS) is 23.1. The number of hydrogen-bond donors (Lipinski definition) is 8. The molecule has 13 heteroatoms. The summed E-state index contributed by atoms with van der Waals surface area (Å²) in [4.78, 5) is 25.5. The number of rotatable bonds is 10. The van der Waals surface area contributed by atoms with E-state index in [1.807, 2.05) is 0 Å². The molecule has 8 N–H and O–H groups in total. The Balaban J connectivity index is 2.13. The van der Waals surface area contributed by atoms with Crippen LogP contribution in [0.1, 0.15) is 42.6 Å². The fourth-order valence-corrected chi connectivity index (χ4v) is 4.72. The standard InChI is InChI=1S/C27H38N2O10S/c1-15-5-3-7-19(29-24(36)14-40-27(22(35)12-30)39-23(13-31)16(2)32)8-4-6-18(28)9-17-10-20(33)11-21(34)25(17)26(37)38-15/h3-4,6-7,10-11,15-16,19,22-23,27-28,30-35H,5,8-9,12-14H2,1-2H3,(H,29,36)/b6-4+,7-3+,28-18?/t15-,16-,19-,22-,23?,27-/m1/s1. The molecule has 0 aliphatic carbocycles. The Bertz CT molecular complexity index is 1080. The van der Waals surface area contributed by atoms with Gasteiger partial charge < -0.3 is 50.8 Å². The first-order chi connectivity index (χ1) is 18.9. The minimum Gasteiger partial charge on any atom is -0.508 e. The molecule has 0 fully saturated rings. The molecule has 0 radical (unpaired) electrons. The number of benzene rings is 1. The maximum absolute atomic E-state index is 12.7. The first-order valence-corrected chi connectivity index (χ1v) is 13.8. The Morgan fingerprint density at radius 1 is 1.20 bits per heavy atom. The van der Waals surface area contributed by atoms with Gasteiger partial charge in [-0.2, -0.15) is 0 Å². The molecular weight excluding hydrogens is 544 g/mol. The predicted molar refractivity (Wildman–Crippen MR) is 149 cm³/mol. The number of aliphatic hydroxyl groups excluding tert-OH is 4. The lowest BCUT2D eigenvalue weighted by Gasteiger charge is -2.27. The molecule has 1 unspecified atom stereocenters. The number of amides is 1. The Morgan fingerprint density at radius 2 is 1.93 bits per heavy atom. The van der Waals surface area contributed by atoms with E-state index < -0.39 is 66.7 Å². The van der Waals surface area contributed by atoms with Crippen molar-refractivity contribution in [3.8, 4) is 11.5 Å². The van der Waals surface area contributed by atoms with Crippen LogP contribution in [0.4, 0.5) is 0 Å². The number of nitrogens with one attached hydrogen (secondary N) is 2. The highest BCUT2D eigenvalue weighted by molar-refractivity contribution is 8.00. The smallest absolute Gasteiger partial charge is 0.342 e. The van der Waals surface area contributed by atoms with E-state index in [0.717, 1.165) is 17.8 Å². The van der Waals surface area contributed by atoms with Crippen LogP contribution in [0.5, 0.6) is 11.5 Å². The summed E-state index contributed by atoms with van der Waals surface area (Å²) in [7, 11) is 0. The van der Waals surface area contributed by atoms with Gasteiger partial charge in [0.05, 0.1) is 31.1 Å². The van der Waals surface area contributed by atoms with Gasteiger partial charge in [-0.3, -0.25) is 4.79 Å². The number of fused-ring (bicyclic) bond motifs is 1. The number of thioether (sulfide) groups is 1. The SMILES string of the molecule is C[C@@H]1C/C=C/[C@@H](NC(=O)CS[C@@H](OC(CO)[C@@H](C)O)[C@H](O)CO)C/C=C/C(=N)Cc2cc(O)cc(O)c2C(=O)O1. The van der Waals surface area contributed by atoms with Crippen molar-refractivity contribution in [2.45, 2.75) is 69.0 Å². The van der Waals surface area contributed by atoms with Gasteiger partial charge in [0.1, 0.15) is 40.8 Å². The summed E-state index contributed by atoms with van der Waals surface area (Å²) >= 11 is 0.896. The molecule has 0 bridgehead atoms. The van der Waals surface area contributed by atoms with E-state index in [4.69, 9.17) is 14.9 Å². The fourth-order valence-electron chi connectivity index (χ4n) is 3.79. The molecule has 1 heterocycles. The van der Waals surface area contributed by atoms with Crippen molar-refractivity contribution in [1.29, 1.82) is 5.41 Å². The van der Waals surface area contributed by atoms with Gasteiger partial charge >= 0.3 is 5.97 Å². The average molecular weight is 583 g/mol. The molecule has 1 aliphatic rings. The van der Waals surface area contributed by atoms with Crippen LogP contribution in [0, 0.1) is 5.41 Å². The van der Waals surface area contributed by atoms with Gasteiger partial charge in [-0.25, -0.2) is 4.79 Å². The number of phenols is 2. The molecule has 0 aromatic heterocycles. The van der Waals surface area contributed by atoms with Gasteiger partial charge in [-0.1, -0.05) is 18.2 Å². The quantitative estimate of drug-likeness (QED) is 0.110. The van der Waals surface area contributed by atoms with Crippen molar-refractivity contribution < 1.29 is 49.7 Å². The highest BCUT2D eigenvalue weighted by Gasteiger charge is 2.27. The molecule has 40 heavy (non-hydrogen) atoms. The van der Waals surface area contributed by atoms with Crippen LogP contribution in [0.2, 0.25) is 0 Å². The molecule has 222 valence electrons. The van der Waals surface area contributed by atoms with Gasteiger partial charge in [0, 0.05) is 24.6 Å². The summed E-state index contributed by atoms with van der Waals surface area (Å²) in [5.41, 5.74) is -0.874. The number of aliphatic hydroxyl groups is 4. The lowest BCUT2D eigenvalue weighted by atomic mass is 9.99. The van der Waals surface area contributed by atoms with Crippen molar-refractivity contribution in [3.05, 3.63) is 47.6 Å². The molecule has 2 rings (SSSR count). The Morgan fingerprint density at radius 3 is 2.58 bits per heavy atom. The highest BCUT2D eigenvalue weighted by Crippen LogP contribution is 2.29. The number of carbonyl (C=O) groups is 2. The zero-order chi connectivity index (χ0) is 29.8. The molecule has 0 spiro atoms. The fraction of sp³-hybridized carbons (Fsp3) is 0.519. The van der Waals surface area contributed by atoms with Crippen molar-refractivity contribution >= 4 is 29.4 Å². The van der Waals surface area contributed by atoms with Crippen LogP contribution >= 0.6 is 11.8 Å². The van der Waals surface area contributed by atoms with E-state index >= 15 is 0 Å². The van der Waals surface area contributed by atoms with Crippen molar-refractivity contribution in [2.75, 3.05) is 19.0 Å². The molecule has 0 saturated carbocycles. The summed E-state index contributed by atoms with van der Waals surface area (Å²) in [5, 5.41) is 69.7. The van der Waals surface area contributed by atoms with Crippen LogP contribution in [0.3, 0.4) is 0 Å². The maximum atomic E-state index is 12.7. The van der Waals surface area contributed by atoms with Crippen molar-refractivity contribution in [2.24, 2.45) is 0 Å². The Kier molecular flexibility index (Phi) is 13.6. The number of ether oxygens (including phenoxy) is 2. The topological polar surface area (TPSA) is 210 Å². The van der Waals surface area contributed by atoms with Gasteiger partial charge in [-0.05, 0) is 38.0 Å². The number of carbonyl (C=O) groups excluding carboxylic acids is 2. The van der Waals surface area contributed by atoms with E-state index in [1.54, 1.807) is 25.2 Å². The second kappa shape index (κ2) is 16.4. The summed E-state index contributed by atoms with van der Waals surface area (Å²) in [6, 6.07) is 1.84. The van der Waals surface area contributed by atoms with Crippen LogP contribution in [0.25, 0.3) is 0 Å². The van der Waals surface area contributed by atoms with Gasteiger partial charge in [0.15, 0.2) is 0 Å². The van der Waals surface area contributed by atoms with Gasteiger partial charge in [-0.15, -0.1) is 11.8 Å². The number of allylic oxidation sites excluding steroid dienone is 1. The van der Waals surface area contributed by atoms with Crippen molar-refractivity contribution in [1.82, 2.24) is 5.32 Å². The van der Waals surface area contributed by atoms with E-state index in [2.05, 4.69) is 5.32 Å². The largest absolute Gasteiger partial charge is 0.508 e. The van der Waals surface area contributed by atoms with E-state index in [0.29, 0.717) is 12.8 Å². The number of esters is 1. The molecule has 1 aliphatic heterocycles. The lowest BCUT2D eigenvalue weighted by Crippen LogP contribution is -2.40. The third-order valence-electron chi connectivity index (χ3n) is 5.88. The zero-order valence-electron chi connectivity index (χ0n) is 22.4. The summed E-state index contributed by atoms with van der Waals surface area (Å²) in [6.45, 7) is 1.90. The number of phenolic OH excluding ortho intramolecular Hbond substituents is 2. The first-order valence-electron chi connectivity index (χ1n) is 12.8. The van der Waals surface area contributed by atoms with Crippen LogP contribution < -0.4 is 5.32 Å². The second-order valence-corrected chi connectivity index (χ2v) is 10.5. The lowest BCUT2D eigenvalue weighted by molar-refractivity contribution is -0.119. The number of hydrogen-bond acceptors (Lipinski definition) is 12. The molecule has 1 amide bonds. The summed E-state index contributed by atoms with van der Waals surface area (Å²) in [5.74, 6) is -2.06. The van der Waals surface area contributed by atoms with Gasteiger partial charge in [0.2, 0.25) is 5.91 Å². The predicted octanol–water partition coefficient (Wildman–Crippen LogP) is 0.767. The third kappa shape index (κ3) is 10.6. The van der Waals surface area contributed by atoms with E-state index in [1.165, 1.54) is 19.1 Å². The Labute approximate surface area is 236 Å². The number of aromatic hydroxyl groups is 2. The molecule has 1 aromatic carbocycles. The van der Waals surface area contributed by atoms with Gasteiger partial charge in [0.25, 0.3) is 0 Å². The zero-order valence-corrected chi connectivity index (χ0v) is 23.2. The molecule has 6 atom stereocenters. The van der Waals surface area contributed by atoms with E-state index in [-0.39, 0.29) is 34.8 Å². The third-order valence-corrected chi connectivity index (χ3v) is 7.06. The molecular formula is C27H38N2O10S. The second-order valence-electron chi connectivity index (χ2n) is 9.42. The Hall–Kier alpha value is -2.94. The monoisotopic (exact) mass is 582 g/mol. The van der Waals surface area contributed by atoms with Crippen LogP contribution in [-0.4, -0.2) is 103 Å². The molecule has 1 aromatic rings. The van der Waals surface area contributed by atoms with Crippen LogP contribution in [0.15, 0.2) is 36.4 Å². The minimum absolute atomic E-state index is 0.0589. The summed E-state index contributed by atoms with van der Waals surface area (Å²) < 4.78 is 10.9. The van der Waals surface area contributed by atoms with Crippen LogP contribution in [-0.2, 0) is 20.7 Å². The van der Waals surface area contributed by atoms with E-state index in [9.17, 15) is 40.2 Å². The minimum atomic E-state index is -1.35. The summed E-state index contributed by atoms with van der Waals surface area (Å²) in [6.07, 6.45) is 3.20. The average Bonchev–Trinajstić information content (AvgIpc) is 2.87. The first kappa shape index (κ1) is 33.3.